The van der Waals surface area contributed by atoms with Gasteiger partial charge in [-0.15, -0.1) is 0 Å². The van der Waals surface area contributed by atoms with Gasteiger partial charge in [0.05, 0.1) is 22.5 Å². The van der Waals surface area contributed by atoms with Gasteiger partial charge in [-0.25, -0.2) is 0 Å². The average Bonchev–Trinajstić information content (AvgIpc) is 2.86. The van der Waals surface area contributed by atoms with Gasteiger partial charge in [0.25, 0.3) is 0 Å². The number of para-hydroxylation sites is 4. The fourth-order valence-electron chi connectivity index (χ4n) is 3.85. The molecular weight excluding hydrogens is 418 g/mol. The highest BCUT2D eigenvalue weighted by molar-refractivity contribution is 9.10. The number of carbonyl (C=O) groups is 2. The highest BCUT2D eigenvalue weighted by Gasteiger charge is 2.46. The largest absolute Gasteiger partial charge is 0.453 e. The number of halogens is 1. The summed E-state index contributed by atoms with van der Waals surface area (Å²) in [5.74, 6) is 1.19. The van der Waals surface area contributed by atoms with Crippen LogP contribution in [0.4, 0.5) is 17.1 Å². The van der Waals surface area contributed by atoms with Crippen LogP contribution in [0.3, 0.4) is 0 Å². The van der Waals surface area contributed by atoms with Crippen molar-refractivity contribution in [1.29, 1.82) is 0 Å². The number of benzene rings is 3. The monoisotopic (exact) mass is 433 g/mol. The van der Waals surface area contributed by atoms with Gasteiger partial charge in [0.15, 0.2) is 23.1 Å². The standard InChI is InChI=1S/C23H16BrNO3/c1-23(2)21(26)13-11-15(24)18(12-14(13)22(23)27)25-16-7-3-5-9-19(16)28-20-10-6-4-8-17(20)25/h3-12H,1-2H3. The predicted molar refractivity (Wildman–Crippen MR) is 111 cm³/mol. The lowest BCUT2D eigenvalue weighted by molar-refractivity contribution is 0.0746. The van der Waals surface area contributed by atoms with Gasteiger partial charge in [-0.2, -0.15) is 0 Å². The molecule has 28 heavy (non-hydrogen) atoms. The highest BCUT2D eigenvalue weighted by atomic mass is 79.9. The van der Waals surface area contributed by atoms with E-state index in [2.05, 4.69) is 20.8 Å². The number of hydrogen-bond donors (Lipinski definition) is 0. The van der Waals surface area contributed by atoms with Crippen LogP contribution in [0, 0.1) is 5.41 Å². The van der Waals surface area contributed by atoms with Gasteiger partial charge < -0.3 is 9.64 Å². The number of Topliss-reactive ketones (excluding diaryl/α,β-unsaturated/α-hetero) is 2. The number of nitrogens with zero attached hydrogens (tertiary/aromatic N) is 1. The zero-order chi connectivity index (χ0) is 19.6. The predicted octanol–water partition coefficient (Wildman–Crippen LogP) is 6.43. The molecular formula is C23H16BrNO3. The van der Waals surface area contributed by atoms with Crippen LogP contribution in [0.5, 0.6) is 11.5 Å². The Morgan fingerprint density at radius 1 is 0.786 bits per heavy atom. The van der Waals surface area contributed by atoms with Crippen LogP contribution in [-0.2, 0) is 0 Å². The van der Waals surface area contributed by atoms with E-state index in [4.69, 9.17) is 4.74 Å². The Kier molecular flexibility index (Phi) is 3.55. The maximum atomic E-state index is 12.9. The summed E-state index contributed by atoms with van der Waals surface area (Å²) < 4.78 is 6.80. The van der Waals surface area contributed by atoms with E-state index in [0.717, 1.165) is 33.0 Å². The fraction of sp³-hybridized carbons (Fsp3) is 0.130. The molecule has 0 spiro atoms. The summed E-state index contributed by atoms with van der Waals surface area (Å²) in [6, 6.07) is 19.1. The van der Waals surface area contributed by atoms with E-state index in [-0.39, 0.29) is 11.6 Å². The highest BCUT2D eigenvalue weighted by Crippen LogP contribution is 2.52. The molecule has 2 aliphatic rings. The van der Waals surface area contributed by atoms with Crippen molar-refractivity contribution in [3.63, 3.8) is 0 Å². The first-order valence-corrected chi connectivity index (χ1v) is 9.78. The lowest BCUT2D eigenvalue weighted by atomic mass is 9.88. The third-order valence-electron chi connectivity index (χ3n) is 5.38. The number of fused-ring (bicyclic) bond motifs is 3. The minimum Gasteiger partial charge on any atom is -0.453 e. The average molecular weight is 434 g/mol. The molecule has 138 valence electrons. The lowest BCUT2D eigenvalue weighted by Gasteiger charge is -2.33. The molecule has 0 saturated carbocycles. The first-order valence-electron chi connectivity index (χ1n) is 8.99. The van der Waals surface area contributed by atoms with Crippen LogP contribution in [0.1, 0.15) is 34.6 Å². The third kappa shape index (κ3) is 2.23. The summed E-state index contributed by atoms with van der Waals surface area (Å²) in [6.07, 6.45) is 0. The SMILES string of the molecule is CC1(C)C(=O)c2cc(Br)c(N3c4ccccc4Oc4ccccc43)cc2C1=O. The fourth-order valence-corrected chi connectivity index (χ4v) is 4.37. The van der Waals surface area contributed by atoms with Crippen molar-refractivity contribution in [1.82, 2.24) is 0 Å². The van der Waals surface area contributed by atoms with E-state index in [0.29, 0.717) is 11.1 Å². The Hall–Kier alpha value is -2.92. The lowest BCUT2D eigenvalue weighted by Crippen LogP contribution is -2.25. The van der Waals surface area contributed by atoms with Crippen LogP contribution >= 0.6 is 15.9 Å². The molecule has 3 aromatic rings. The van der Waals surface area contributed by atoms with Gasteiger partial charge >= 0.3 is 0 Å². The molecule has 5 heteroatoms. The Morgan fingerprint density at radius 3 is 1.86 bits per heavy atom. The molecule has 0 bridgehead atoms. The van der Waals surface area contributed by atoms with E-state index in [1.54, 1.807) is 19.9 Å². The molecule has 0 fully saturated rings. The molecule has 5 rings (SSSR count). The third-order valence-corrected chi connectivity index (χ3v) is 6.02. The smallest absolute Gasteiger partial charge is 0.177 e. The van der Waals surface area contributed by atoms with Crippen molar-refractivity contribution in [2.75, 3.05) is 4.90 Å². The van der Waals surface area contributed by atoms with Crippen molar-refractivity contribution in [3.05, 3.63) is 76.3 Å². The summed E-state index contributed by atoms with van der Waals surface area (Å²) in [6.45, 7) is 3.37. The Labute approximate surface area is 170 Å². The van der Waals surface area contributed by atoms with Gasteiger partial charge in [-0.3, -0.25) is 9.59 Å². The van der Waals surface area contributed by atoms with Crippen molar-refractivity contribution in [2.45, 2.75) is 13.8 Å². The second-order valence-corrected chi connectivity index (χ2v) is 8.36. The maximum absolute atomic E-state index is 12.9. The Morgan fingerprint density at radius 2 is 1.29 bits per heavy atom. The number of ketones is 2. The van der Waals surface area contributed by atoms with E-state index >= 15 is 0 Å². The van der Waals surface area contributed by atoms with E-state index < -0.39 is 5.41 Å². The number of ether oxygens (including phenoxy) is 1. The second kappa shape index (κ2) is 5.79. The Balaban J connectivity index is 1.77. The maximum Gasteiger partial charge on any atom is 0.177 e. The van der Waals surface area contributed by atoms with Crippen molar-refractivity contribution in [3.8, 4) is 11.5 Å². The summed E-state index contributed by atoms with van der Waals surface area (Å²) in [5, 5.41) is 0. The first kappa shape index (κ1) is 17.2. The Bertz CT molecular complexity index is 1140. The van der Waals surface area contributed by atoms with Crippen LogP contribution in [0.25, 0.3) is 0 Å². The van der Waals surface area contributed by atoms with Gasteiger partial charge in [0.2, 0.25) is 0 Å². The van der Waals surface area contributed by atoms with Crippen LogP contribution in [-0.4, -0.2) is 11.6 Å². The second-order valence-electron chi connectivity index (χ2n) is 7.51. The zero-order valence-electron chi connectivity index (χ0n) is 15.3. The molecule has 0 amide bonds. The molecule has 0 aromatic heterocycles. The summed E-state index contributed by atoms with van der Waals surface area (Å²) in [4.78, 5) is 27.6. The zero-order valence-corrected chi connectivity index (χ0v) is 16.9. The van der Waals surface area contributed by atoms with Gasteiger partial charge in [0.1, 0.15) is 0 Å². The molecule has 0 N–H and O–H groups in total. The molecule has 0 atom stereocenters. The van der Waals surface area contributed by atoms with Gasteiger partial charge in [0, 0.05) is 15.6 Å². The van der Waals surface area contributed by atoms with Crippen molar-refractivity contribution < 1.29 is 14.3 Å². The first-order chi connectivity index (χ1) is 13.4. The van der Waals surface area contributed by atoms with E-state index in [9.17, 15) is 9.59 Å². The summed E-state index contributed by atoms with van der Waals surface area (Å²) in [7, 11) is 0. The van der Waals surface area contributed by atoms with Crippen LogP contribution in [0.15, 0.2) is 65.1 Å². The van der Waals surface area contributed by atoms with Crippen molar-refractivity contribution in [2.24, 2.45) is 5.41 Å². The van der Waals surface area contributed by atoms with Gasteiger partial charge in [-0.1, -0.05) is 24.3 Å². The molecule has 1 aliphatic heterocycles. The molecule has 1 aliphatic carbocycles. The number of rotatable bonds is 1. The molecule has 0 radical (unpaired) electrons. The molecule has 3 aromatic carbocycles. The normalized spacial score (nSPS) is 16.3. The summed E-state index contributed by atoms with van der Waals surface area (Å²) >= 11 is 3.63. The number of hydrogen-bond acceptors (Lipinski definition) is 4. The number of carbonyl (C=O) groups excluding carboxylic acids is 2. The molecule has 1 heterocycles. The van der Waals surface area contributed by atoms with Crippen LogP contribution < -0.4 is 9.64 Å². The van der Waals surface area contributed by atoms with Crippen LogP contribution in [0.2, 0.25) is 0 Å². The number of anilines is 3. The topological polar surface area (TPSA) is 46.6 Å². The summed E-state index contributed by atoms with van der Waals surface area (Å²) in [5.41, 5.74) is 2.45. The molecule has 4 nitrogen and oxygen atoms in total. The molecule has 0 saturated heterocycles. The minimum absolute atomic E-state index is 0.137. The quantitative estimate of drug-likeness (QED) is 0.324. The minimum atomic E-state index is -1.03. The van der Waals surface area contributed by atoms with Crippen molar-refractivity contribution >= 4 is 44.6 Å². The van der Waals surface area contributed by atoms with E-state index in [1.807, 2.05) is 54.6 Å². The van der Waals surface area contributed by atoms with E-state index in [1.165, 1.54) is 0 Å². The molecule has 0 unspecified atom stereocenters. The van der Waals surface area contributed by atoms with Gasteiger partial charge in [-0.05, 0) is 66.2 Å².